The molecule has 0 aliphatic carbocycles. The first kappa shape index (κ1) is 22.0. The molecule has 1 aromatic rings. The van der Waals surface area contributed by atoms with Crippen molar-refractivity contribution in [3.63, 3.8) is 0 Å². The molecule has 1 amide bonds. The third-order valence-corrected chi connectivity index (χ3v) is 5.40. The van der Waals surface area contributed by atoms with Crippen LogP contribution in [0.3, 0.4) is 0 Å². The van der Waals surface area contributed by atoms with Crippen LogP contribution in [0.2, 0.25) is 5.02 Å². The van der Waals surface area contributed by atoms with Crippen LogP contribution in [0.4, 0.5) is 0 Å². The molecule has 27 heavy (non-hydrogen) atoms. The number of hydrogen-bond acceptors (Lipinski definition) is 4. The summed E-state index contributed by atoms with van der Waals surface area (Å²) in [6.45, 7) is 13.8. The minimum atomic E-state index is -0.576. The standard InChI is InChI=1S/C21H33ClN2O3/c1-14(2)18-11-19(22)16(5)10-20(18)27-13-17(25)12-23-6-8-24(9-7-23)21(26)15(3)4/h10-11,14-15,17,25H,6-9,12-13H2,1-5H3. The predicted molar refractivity (Wildman–Crippen MR) is 110 cm³/mol. The molecule has 152 valence electrons. The largest absolute Gasteiger partial charge is 0.491 e. The molecule has 0 aromatic heterocycles. The highest BCUT2D eigenvalue weighted by molar-refractivity contribution is 6.31. The lowest BCUT2D eigenvalue weighted by Crippen LogP contribution is -2.51. The zero-order valence-electron chi connectivity index (χ0n) is 17.2. The Morgan fingerprint density at radius 2 is 1.81 bits per heavy atom. The van der Waals surface area contributed by atoms with Crippen molar-refractivity contribution in [1.82, 2.24) is 9.80 Å². The van der Waals surface area contributed by atoms with Crippen molar-refractivity contribution in [3.8, 4) is 5.75 Å². The van der Waals surface area contributed by atoms with E-state index in [4.69, 9.17) is 16.3 Å². The number of piperazine rings is 1. The van der Waals surface area contributed by atoms with Gasteiger partial charge in [0.05, 0.1) is 0 Å². The molecule has 1 saturated heterocycles. The van der Waals surface area contributed by atoms with E-state index in [1.54, 1.807) is 0 Å². The van der Waals surface area contributed by atoms with Crippen molar-refractivity contribution in [2.45, 2.75) is 46.6 Å². The lowest BCUT2D eigenvalue weighted by molar-refractivity contribution is -0.136. The number of nitrogens with zero attached hydrogens (tertiary/aromatic N) is 2. The number of halogens is 1. The Morgan fingerprint density at radius 1 is 1.19 bits per heavy atom. The van der Waals surface area contributed by atoms with E-state index in [1.807, 2.05) is 37.8 Å². The second kappa shape index (κ2) is 9.76. The highest BCUT2D eigenvalue weighted by atomic mass is 35.5. The number of aryl methyl sites for hydroxylation is 1. The first-order valence-corrected chi connectivity index (χ1v) is 10.2. The molecule has 6 heteroatoms. The molecule has 1 unspecified atom stereocenters. The summed E-state index contributed by atoms with van der Waals surface area (Å²) in [5.41, 5.74) is 2.02. The zero-order valence-corrected chi connectivity index (χ0v) is 17.9. The van der Waals surface area contributed by atoms with E-state index in [0.717, 1.165) is 48.1 Å². The number of carbonyl (C=O) groups is 1. The van der Waals surface area contributed by atoms with Crippen LogP contribution in [-0.2, 0) is 4.79 Å². The lowest BCUT2D eigenvalue weighted by atomic mass is 10.0. The van der Waals surface area contributed by atoms with Crippen LogP contribution in [-0.4, -0.2) is 66.2 Å². The van der Waals surface area contributed by atoms with Crippen LogP contribution < -0.4 is 4.74 Å². The highest BCUT2D eigenvalue weighted by Crippen LogP contribution is 2.32. The first-order valence-electron chi connectivity index (χ1n) is 9.81. The van der Waals surface area contributed by atoms with Gasteiger partial charge in [-0.15, -0.1) is 0 Å². The van der Waals surface area contributed by atoms with E-state index in [0.29, 0.717) is 12.5 Å². The quantitative estimate of drug-likeness (QED) is 0.768. The number of amides is 1. The smallest absolute Gasteiger partial charge is 0.225 e. The minimum Gasteiger partial charge on any atom is -0.491 e. The van der Waals surface area contributed by atoms with Crippen LogP contribution in [0.1, 0.15) is 44.7 Å². The average Bonchev–Trinajstić information content (AvgIpc) is 2.62. The minimum absolute atomic E-state index is 0.0357. The number of ether oxygens (including phenoxy) is 1. The fourth-order valence-electron chi connectivity index (χ4n) is 3.30. The molecule has 0 radical (unpaired) electrons. The predicted octanol–water partition coefficient (Wildman–Crippen LogP) is 3.31. The van der Waals surface area contributed by atoms with E-state index in [-0.39, 0.29) is 18.4 Å². The topological polar surface area (TPSA) is 53.0 Å². The average molecular weight is 397 g/mol. The van der Waals surface area contributed by atoms with E-state index in [1.165, 1.54) is 0 Å². The fourth-order valence-corrected chi connectivity index (χ4v) is 3.47. The number of aliphatic hydroxyl groups is 1. The number of carbonyl (C=O) groups excluding carboxylic acids is 1. The van der Waals surface area contributed by atoms with Crippen LogP contribution in [0, 0.1) is 12.8 Å². The van der Waals surface area contributed by atoms with Crippen molar-refractivity contribution in [2.75, 3.05) is 39.3 Å². The van der Waals surface area contributed by atoms with Gasteiger partial charge >= 0.3 is 0 Å². The molecular formula is C21H33ClN2O3. The van der Waals surface area contributed by atoms with Crippen LogP contribution in [0.15, 0.2) is 12.1 Å². The molecule has 1 atom stereocenters. The van der Waals surface area contributed by atoms with Crippen molar-refractivity contribution in [3.05, 3.63) is 28.3 Å². The summed E-state index contributed by atoms with van der Waals surface area (Å²) < 4.78 is 5.93. The molecule has 1 heterocycles. The monoisotopic (exact) mass is 396 g/mol. The van der Waals surface area contributed by atoms with E-state index >= 15 is 0 Å². The molecule has 0 saturated carbocycles. The van der Waals surface area contributed by atoms with Crippen molar-refractivity contribution >= 4 is 17.5 Å². The van der Waals surface area contributed by atoms with Crippen molar-refractivity contribution in [2.24, 2.45) is 5.92 Å². The van der Waals surface area contributed by atoms with Gasteiger partial charge in [-0.2, -0.15) is 0 Å². The van der Waals surface area contributed by atoms with Gasteiger partial charge in [0.2, 0.25) is 5.91 Å². The second-order valence-electron chi connectivity index (χ2n) is 8.04. The Kier molecular flexibility index (Phi) is 7.95. The van der Waals surface area contributed by atoms with Gasteiger partial charge in [-0.05, 0) is 36.1 Å². The molecule has 2 rings (SSSR count). The van der Waals surface area contributed by atoms with E-state index < -0.39 is 6.10 Å². The van der Waals surface area contributed by atoms with Crippen LogP contribution in [0.5, 0.6) is 5.75 Å². The second-order valence-corrected chi connectivity index (χ2v) is 8.45. The summed E-state index contributed by atoms with van der Waals surface area (Å²) in [5.74, 6) is 1.33. The number of rotatable bonds is 7. The van der Waals surface area contributed by atoms with Crippen LogP contribution in [0.25, 0.3) is 0 Å². The Labute approximate surface area is 168 Å². The maximum Gasteiger partial charge on any atom is 0.225 e. The summed E-state index contributed by atoms with van der Waals surface area (Å²) in [7, 11) is 0. The molecule has 1 aromatic carbocycles. The van der Waals surface area contributed by atoms with Crippen LogP contribution >= 0.6 is 11.6 Å². The summed E-state index contributed by atoms with van der Waals surface area (Å²) in [5, 5.41) is 11.1. The van der Waals surface area contributed by atoms with Gasteiger partial charge in [-0.1, -0.05) is 39.3 Å². The van der Waals surface area contributed by atoms with Gasteiger partial charge in [0.1, 0.15) is 18.5 Å². The molecular weight excluding hydrogens is 364 g/mol. The maximum atomic E-state index is 12.1. The third kappa shape index (κ3) is 6.09. The molecule has 0 spiro atoms. The van der Waals surface area contributed by atoms with Crippen molar-refractivity contribution in [1.29, 1.82) is 0 Å². The first-order chi connectivity index (χ1) is 12.7. The molecule has 1 aliphatic heterocycles. The van der Waals surface area contributed by atoms with E-state index in [9.17, 15) is 9.90 Å². The molecule has 5 nitrogen and oxygen atoms in total. The number of aliphatic hydroxyl groups excluding tert-OH is 1. The maximum absolute atomic E-state index is 12.1. The fraction of sp³-hybridized carbons (Fsp3) is 0.667. The third-order valence-electron chi connectivity index (χ3n) is 4.99. The number of β-amino-alcohol motifs (C(OH)–C–C–N with tert-alkyl or cyclic N) is 1. The van der Waals surface area contributed by atoms with Gasteiger partial charge in [-0.25, -0.2) is 0 Å². The summed E-state index contributed by atoms with van der Waals surface area (Å²) in [6.07, 6.45) is -0.576. The van der Waals surface area contributed by atoms with Gasteiger partial charge in [0.25, 0.3) is 0 Å². The molecule has 0 bridgehead atoms. The number of benzene rings is 1. The molecule has 1 aliphatic rings. The van der Waals surface area contributed by atoms with Gasteiger partial charge in [0, 0.05) is 43.7 Å². The Hall–Kier alpha value is -1.30. The summed E-state index contributed by atoms with van der Waals surface area (Å²) >= 11 is 6.24. The van der Waals surface area contributed by atoms with Gasteiger partial charge in [-0.3, -0.25) is 9.69 Å². The number of hydrogen-bond donors (Lipinski definition) is 1. The SMILES string of the molecule is Cc1cc(OCC(O)CN2CCN(C(=O)C(C)C)CC2)c(C(C)C)cc1Cl. The van der Waals surface area contributed by atoms with Gasteiger partial charge < -0.3 is 14.7 Å². The zero-order chi connectivity index (χ0) is 20.1. The van der Waals surface area contributed by atoms with Crippen molar-refractivity contribution < 1.29 is 14.6 Å². The summed E-state index contributed by atoms with van der Waals surface area (Å²) in [4.78, 5) is 16.2. The summed E-state index contributed by atoms with van der Waals surface area (Å²) in [6, 6.07) is 3.90. The normalized spacial score (nSPS) is 16.9. The molecule has 1 N–H and O–H groups in total. The Bertz CT molecular complexity index is 641. The Balaban J connectivity index is 1.85. The Morgan fingerprint density at radius 3 is 2.37 bits per heavy atom. The van der Waals surface area contributed by atoms with E-state index in [2.05, 4.69) is 18.7 Å². The highest BCUT2D eigenvalue weighted by Gasteiger charge is 2.24. The van der Waals surface area contributed by atoms with Gasteiger partial charge in [0.15, 0.2) is 0 Å². The molecule has 1 fully saturated rings. The lowest BCUT2D eigenvalue weighted by Gasteiger charge is -2.36.